The van der Waals surface area contributed by atoms with Crippen molar-refractivity contribution in [2.75, 3.05) is 21.3 Å². The number of aromatic nitrogens is 2. The van der Waals surface area contributed by atoms with E-state index >= 15 is 0 Å². The average Bonchev–Trinajstić information content (AvgIpc) is 3.14. The summed E-state index contributed by atoms with van der Waals surface area (Å²) in [6.07, 6.45) is 0.197. The van der Waals surface area contributed by atoms with Crippen LogP contribution >= 0.6 is 11.7 Å². The zero-order valence-electron chi connectivity index (χ0n) is 14.4. The fraction of sp³-hybridized carbons (Fsp3) is 0.278. The largest absolute Gasteiger partial charge is 0.493 e. The molecule has 0 amide bonds. The van der Waals surface area contributed by atoms with Crippen LogP contribution in [0.2, 0.25) is 0 Å². The van der Waals surface area contributed by atoms with E-state index in [-0.39, 0.29) is 18.3 Å². The normalized spacial score (nSPS) is 16.1. The maximum absolute atomic E-state index is 12.2. The number of nitrogens with zero attached hydrogens (tertiary/aromatic N) is 2. The number of methoxy groups -OCH3 is 3. The third kappa shape index (κ3) is 2.53. The van der Waals surface area contributed by atoms with Gasteiger partial charge in [-0.05, 0) is 29.8 Å². The summed E-state index contributed by atoms with van der Waals surface area (Å²) in [7, 11) is 4.68. The standard InChI is InChI=1S/C18H16N2O5S/c1-22-13-6-9(7-14(23-2)18(13)24-3)10-8-15(21)25-12-5-4-11-17(16(10)12)20-26-19-11/h4-7,10H,8H2,1-3H3/t10-/m1/s1. The number of fused-ring (bicyclic) bond motifs is 3. The maximum Gasteiger partial charge on any atom is 0.312 e. The van der Waals surface area contributed by atoms with Gasteiger partial charge in [0.25, 0.3) is 0 Å². The van der Waals surface area contributed by atoms with Gasteiger partial charge in [0.1, 0.15) is 16.8 Å². The zero-order chi connectivity index (χ0) is 18.3. The van der Waals surface area contributed by atoms with Crippen LogP contribution in [0.1, 0.15) is 23.5 Å². The van der Waals surface area contributed by atoms with Crippen LogP contribution in [0.15, 0.2) is 24.3 Å². The number of carbonyl (C=O) groups excluding carboxylic acids is 1. The topological polar surface area (TPSA) is 79.8 Å². The second kappa shape index (κ2) is 6.45. The predicted octanol–water partition coefficient (Wildman–Crippen LogP) is 3.16. The van der Waals surface area contributed by atoms with Crippen molar-refractivity contribution in [2.45, 2.75) is 12.3 Å². The minimum atomic E-state index is -0.293. The van der Waals surface area contributed by atoms with Gasteiger partial charge in [0.15, 0.2) is 11.5 Å². The molecule has 0 saturated carbocycles. The Kier molecular flexibility index (Phi) is 4.12. The Labute approximate surface area is 153 Å². The molecule has 134 valence electrons. The minimum Gasteiger partial charge on any atom is -0.493 e. The number of hydrogen-bond donors (Lipinski definition) is 0. The van der Waals surface area contributed by atoms with E-state index in [9.17, 15) is 4.79 Å². The fourth-order valence-electron chi connectivity index (χ4n) is 3.30. The van der Waals surface area contributed by atoms with Gasteiger partial charge in [-0.3, -0.25) is 4.79 Å². The summed E-state index contributed by atoms with van der Waals surface area (Å²) in [5.41, 5.74) is 3.24. The van der Waals surface area contributed by atoms with Gasteiger partial charge >= 0.3 is 5.97 Å². The SMILES string of the molecule is COc1cc([C@H]2CC(=O)Oc3ccc4nsnc4c32)cc(OC)c1OC. The fourth-order valence-corrected chi connectivity index (χ4v) is 3.85. The first-order valence-corrected chi connectivity index (χ1v) is 8.65. The molecule has 4 rings (SSSR count). The quantitative estimate of drug-likeness (QED) is 0.514. The van der Waals surface area contributed by atoms with Crippen molar-refractivity contribution in [3.8, 4) is 23.0 Å². The molecular weight excluding hydrogens is 356 g/mol. The van der Waals surface area contributed by atoms with E-state index in [2.05, 4.69) is 8.75 Å². The molecule has 2 heterocycles. The molecule has 1 atom stereocenters. The third-order valence-electron chi connectivity index (χ3n) is 4.46. The second-order valence-electron chi connectivity index (χ2n) is 5.80. The summed E-state index contributed by atoms with van der Waals surface area (Å²) in [5.74, 6) is 1.55. The van der Waals surface area contributed by atoms with Crippen molar-refractivity contribution >= 4 is 28.7 Å². The van der Waals surface area contributed by atoms with E-state index in [1.165, 1.54) is 0 Å². The molecule has 0 spiro atoms. The number of benzene rings is 2. The Morgan fingerprint density at radius 3 is 2.46 bits per heavy atom. The summed E-state index contributed by atoms with van der Waals surface area (Å²) < 4.78 is 30.4. The van der Waals surface area contributed by atoms with Gasteiger partial charge in [0.2, 0.25) is 5.75 Å². The lowest BCUT2D eigenvalue weighted by Gasteiger charge is -2.26. The molecule has 0 unspecified atom stereocenters. The van der Waals surface area contributed by atoms with E-state index in [0.717, 1.165) is 33.9 Å². The number of ether oxygens (including phenoxy) is 4. The van der Waals surface area contributed by atoms with Gasteiger partial charge in [-0.2, -0.15) is 8.75 Å². The summed E-state index contributed by atoms with van der Waals surface area (Å²) in [6.45, 7) is 0. The van der Waals surface area contributed by atoms with Crippen molar-refractivity contribution in [1.82, 2.24) is 8.75 Å². The van der Waals surface area contributed by atoms with Crippen molar-refractivity contribution in [3.63, 3.8) is 0 Å². The molecule has 0 aliphatic carbocycles. The number of rotatable bonds is 4. The predicted molar refractivity (Wildman–Crippen MR) is 95.6 cm³/mol. The van der Waals surface area contributed by atoms with Crippen molar-refractivity contribution < 1.29 is 23.7 Å². The Bertz CT molecular complexity index is 975. The van der Waals surface area contributed by atoms with Crippen molar-refractivity contribution in [2.24, 2.45) is 0 Å². The van der Waals surface area contributed by atoms with Crippen molar-refractivity contribution in [1.29, 1.82) is 0 Å². The molecule has 0 saturated heterocycles. The molecule has 26 heavy (non-hydrogen) atoms. The summed E-state index contributed by atoms with van der Waals surface area (Å²) in [5, 5.41) is 0. The third-order valence-corrected chi connectivity index (χ3v) is 5.00. The smallest absolute Gasteiger partial charge is 0.312 e. The van der Waals surface area contributed by atoms with Crippen LogP contribution in [-0.4, -0.2) is 36.0 Å². The molecule has 1 aromatic heterocycles. The highest BCUT2D eigenvalue weighted by molar-refractivity contribution is 7.00. The highest BCUT2D eigenvalue weighted by Gasteiger charge is 2.32. The van der Waals surface area contributed by atoms with Crippen LogP contribution in [-0.2, 0) is 4.79 Å². The lowest BCUT2D eigenvalue weighted by atomic mass is 9.85. The van der Waals surface area contributed by atoms with E-state index in [0.29, 0.717) is 23.0 Å². The lowest BCUT2D eigenvalue weighted by Crippen LogP contribution is -2.21. The van der Waals surface area contributed by atoms with Crippen LogP contribution in [0.4, 0.5) is 0 Å². The van der Waals surface area contributed by atoms with Crippen LogP contribution in [0, 0.1) is 0 Å². The average molecular weight is 372 g/mol. The Morgan fingerprint density at radius 2 is 1.81 bits per heavy atom. The van der Waals surface area contributed by atoms with E-state index in [1.807, 2.05) is 18.2 Å². The lowest BCUT2D eigenvalue weighted by molar-refractivity contribution is -0.135. The van der Waals surface area contributed by atoms with Crippen LogP contribution in [0.25, 0.3) is 11.0 Å². The van der Waals surface area contributed by atoms with Crippen LogP contribution in [0.3, 0.4) is 0 Å². The second-order valence-corrected chi connectivity index (χ2v) is 6.33. The van der Waals surface area contributed by atoms with Crippen molar-refractivity contribution in [3.05, 3.63) is 35.4 Å². The molecule has 7 nitrogen and oxygen atoms in total. The summed E-state index contributed by atoms with van der Waals surface area (Å²) in [6, 6.07) is 7.28. The van der Waals surface area contributed by atoms with E-state index < -0.39 is 0 Å². The highest BCUT2D eigenvalue weighted by Crippen LogP contribution is 2.46. The van der Waals surface area contributed by atoms with Crippen LogP contribution < -0.4 is 18.9 Å². The Morgan fingerprint density at radius 1 is 1.08 bits per heavy atom. The Hall–Kier alpha value is -2.87. The molecule has 2 aromatic carbocycles. The molecule has 1 aliphatic heterocycles. The molecule has 0 fully saturated rings. The van der Waals surface area contributed by atoms with Gasteiger partial charge in [0.05, 0.1) is 39.5 Å². The Balaban J connectivity index is 1.94. The summed E-state index contributed by atoms with van der Waals surface area (Å²) in [4.78, 5) is 12.2. The molecule has 0 bridgehead atoms. The molecule has 0 N–H and O–H groups in total. The van der Waals surface area contributed by atoms with Crippen LogP contribution in [0.5, 0.6) is 23.0 Å². The molecule has 3 aromatic rings. The van der Waals surface area contributed by atoms with E-state index in [4.69, 9.17) is 18.9 Å². The number of carbonyl (C=O) groups is 1. The monoisotopic (exact) mass is 372 g/mol. The minimum absolute atomic E-state index is 0.197. The number of hydrogen-bond acceptors (Lipinski definition) is 8. The first kappa shape index (κ1) is 16.6. The highest BCUT2D eigenvalue weighted by atomic mass is 32.1. The first-order chi connectivity index (χ1) is 12.7. The van der Waals surface area contributed by atoms with Gasteiger partial charge in [-0.1, -0.05) is 0 Å². The number of esters is 1. The zero-order valence-corrected chi connectivity index (χ0v) is 15.3. The molecule has 0 radical (unpaired) electrons. The molecular formula is C18H16N2O5S. The molecule has 1 aliphatic rings. The van der Waals surface area contributed by atoms with Gasteiger partial charge < -0.3 is 18.9 Å². The van der Waals surface area contributed by atoms with E-state index in [1.54, 1.807) is 27.4 Å². The summed E-state index contributed by atoms with van der Waals surface area (Å²) >= 11 is 1.14. The van der Waals surface area contributed by atoms with Gasteiger partial charge in [-0.25, -0.2) is 0 Å². The molecule has 8 heteroatoms. The maximum atomic E-state index is 12.2. The first-order valence-electron chi connectivity index (χ1n) is 7.92. The van der Waals surface area contributed by atoms with Gasteiger partial charge in [0, 0.05) is 11.5 Å². The van der Waals surface area contributed by atoms with Gasteiger partial charge in [-0.15, -0.1) is 0 Å².